The molecule has 1 fully saturated rings. The van der Waals surface area contributed by atoms with Crippen molar-refractivity contribution in [2.45, 2.75) is 32.7 Å². The smallest absolute Gasteiger partial charge is 0.239 e. The summed E-state index contributed by atoms with van der Waals surface area (Å²) in [6.07, 6.45) is 1.85. The van der Waals surface area contributed by atoms with Gasteiger partial charge < -0.3 is 15.5 Å². The van der Waals surface area contributed by atoms with Crippen molar-refractivity contribution in [1.29, 1.82) is 0 Å². The highest BCUT2D eigenvalue weighted by Gasteiger charge is 2.28. The van der Waals surface area contributed by atoms with Crippen molar-refractivity contribution >= 4 is 5.91 Å². The monoisotopic (exact) mass is 227 g/mol. The number of hydrogen-bond acceptors (Lipinski definition) is 3. The predicted molar refractivity (Wildman–Crippen MR) is 66.1 cm³/mol. The summed E-state index contributed by atoms with van der Waals surface area (Å²) in [5, 5.41) is 0. The maximum absolute atomic E-state index is 11.9. The maximum atomic E-state index is 11.9. The molecule has 1 unspecified atom stereocenters. The average molecular weight is 227 g/mol. The normalized spacial score (nSPS) is 22.8. The van der Waals surface area contributed by atoms with E-state index >= 15 is 0 Å². The van der Waals surface area contributed by atoms with E-state index in [4.69, 9.17) is 5.73 Å². The summed E-state index contributed by atoms with van der Waals surface area (Å²) in [5.74, 6) is 0.752. The molecule has 94 valence electrons. The van der Waals surface area contributed by atoms with E-state index in [1.165, 1.54) is 0 Å². The van der Waals surface area contributed by atoms with E-state index in [2.05, 4.69) is 18.9 Å². The molecule has 0 bridgehead atoms. The maximum Gasteiger partial charge on any atom is 0.239 e. The Morgan fingerprint density at radius 1 is 1.56 bits per heavy atom. The van der Waals surface area contributed by atoms with E-state index in [1.807, 2.05) is 11.8 Å². The van der Waals surface area contributed by atoms with Crippen LogP contribution in [-0.2, 0) is 4.79 Å². The number of carbonyl (C=O) groups excluding carboxylic acids is 1. The number of nitrogens with two attached hydrogens (primary N) is 1. The molecule has 2 atom stereocenters. The third-order valence-electron chi connectivity index (χ3n) is 3.46. The quantitative estimate of drug-likeness (QED) is 0.745. The molecule has 0 aromatic heterocycles. The first-order valence-electron chi connectivity index (χ1n) is 6.31. The summed E-state index contributed by atoms with van der Waals surface area (Å²) >= 11 is 0. The first-order valence-corrected chi connectivity index (χ1v) is 6.31. The lowest BCUT2D eigenvalue weighted by Gasteiger charge is -2.22. The van der Waals surface area contributed by atoms with Gasteiger partial charge in [0.1, 0.15) is 0 Å². The van der Waals surface area contributed by atoms with Crippen LogP contribution in [0.5, 0.6) is 0 Å². The fraction of sp³-hybridized carbons (Fsp3) is 0.917. The standard InChI is InChI=1S/C12H25N3O/c1-4-11(13)12(16)15-7-6-10(9-15)8-14(3)5-2/h10-11H,4-9,13H2,1-3H3/t10?,11-/m0/s1. The minimum atomic E-state index is -0.303. The number of carbonyl (C=O) groups is 1. The molecule has 0 aromatic rings. The van der Waals surface area contributed by atoms with Crippen molar-refractivity contribution in [2.75, 3.05) is 33.2 Å². The lowest BCUT2D eigenvalue weighted by molar-refractivity contribution is -0.131. The van der Waals surface area contributed by atoms with Gasteiger partial charge in [0.15, 0.2) is 0 Å². The van der Waals surface area contributed by atoms with Gasteiger partial charge in [-0.2, -0.15) is 0 Å². The zero-order chi connectivity index (χ0) is 12.1. The highest BCUT2D eigenvalue weighted by Crippen LogP contribution is 2.17. The van der Waals surface area contributed by atoms with Crippen molar-refractivity contribution < 1.29 is 4.79 Å². The van der Waals surface area contributed by atoms with E-state index in [0.717, 1.165) is 39.0 Å². The van der Waals surface area contributed by atoms with Crippen LogP contribution in [0.1, 0.15) is 26.7 Å². The first-order chi connectivity index (χ1) is 7.58. The highest BCUT2D eigenvalue weighted by molar-refractivity contribution is 5.81. The summed E-state index contributed by atoms with van der Waals surface area (Å²) in [5.41, 5.74) is 5.77. The van der Waals surface area contributed by atoms with Gasteiger partial charge in [0, 0.05) is 19.6 Å². The molecule has 0 radical (unpaired) electrons. The number of nitrogens with zero attached hydrogens (tertiary/aromatic N) is 2. The van der Waals surface area contributed by atoms with Gasteiger partial charge in [0.05, 0.1) is 6.04 Å². The molecule has 0 aliphatic carbocycles. The zero-order valence-electron chi connectivity index (χ0n) is 10.8. The predicted octanol–water partition coefficient (Wildman–Crippen LogP) is 0.524. The molecular weight excluding hydrogens is 202 g/mol. The second-order valence-corrected chi connectivity index (χ2v) is 4.81. The number of likely N-dealkylation sites (tertiary alicyclic amines) is 1. The summed E-state index contributed by atoms with van der Waals surface area (Å²) in [6, 6.07) is -0.303. The van der Waals surface area contributed by atoms with E-state index in [9.17, 15) is 4.79 Å². The zero-order valence-corrected chi connectivity index (χ0v) is 10.8. The molecule has 16 heavy (non-hydrogen) atoms. The SMILES string of the molecule is CC[C@H](N)C(=O)N1CCC(CN(C)CC)C1. The van der Waals surface area contributed by atoms with Gasteiger partial charge in [-0.05, 0) is 32.4 Å². The van der Waals surface area contributed by atoms with Gasteiger partial charge in [-0.3, -0.25) is 4.79 Å². The lowest BCUT2D eigenvalue weighted by Crippen LogP contribution is -2.42. The molecule has 0 aromatic carbocycles. The van der Waals surface area contributed by atoms with Crippen LogP contribution >= 0.6 is 0 Å². The Morgan fingerprint density at radius 3 is 2.81 bits per heavy atom. The van der Waals surface area contributed by atoms with E-state index in [1.54, 1.807) is 0 Å². The van der Waals surface area contributed by atoms with Crippen LogP contribution in [0, 0.1) is 5.92 Å². The Labute approximate surface area is 98.8 Å². The molecule has 1 rings (SSSR count). The Bertz CT molecular complexity index is 232. The Hall–Kier alpha value is -0.610. The van der Waals surface area contributed by atoms with Gasteiger partial charge in [-0.25, -0.2) is 0 Å². The van der Waals surface area contributed by atoms with Gasteiger partial charge >= 0.3 is 0 Å². The highest BCUT2D eigenvalue weighted by atomic mass is 16.2. The number of amides is 1. The largest absolute Gasteiger partial charge is 0.341 e. The average Bonchev–Trinajstić information content (AvgIpc) is 2.75. The molecule has 4 heteroatoms. The van der Waals surface area contributed by atoms with Crippen molar-refractivity contribution in [1.82, 2.24) is 9.80 Å². The minimum absolute atomic E-state index is 0.129. The number of hydrogen-bond donors (Lipinski definition) is 1. The lowest BCUT2D eigenvalue weighted by atomic mass is 10.1. The molecular formula is C12H25N3O. The topological polar surface area (TPSA) is 49.6 Å². The van der Waals surface area contributed by atoms with Crippen LogP contribution < -0.4 is 5.73 Å². The summed E-state index contributed by atoms with van der Waals surface area (Å²) in [7, 11) is 2.13. The molecule has 1 heterocycles. The fourth-order valence-corrected chi connectivity index (χ4v) is 2.16. The fourth-order valence-electron chi connectivity index (χ4n) is 2.16. The third kappa shape index (κ3) is 3.46. The van der Waals surface area contributed by atoms with Crippen molar-refractivity contribution in [3.05, 3.63) is 0 Å². The van der Waals surface area contributed by atoms with Gasteiger partial charge in [-0.15, -0.1) is 0 Å². The van der Waals surface area contributed by atoms with E-state index in [0.29, 0.717) is 5.92 Å². The van der Waals surface area contributed by atoms with Crippen LogP contribution in [0.4, 0.5) is 0 Å². The Kier molecular flexibility index (Phi) is 5.22. The summed E-state index contributed by atoms with van der Waals surface area (Å²) in [6.45, 7) is 8.04. The second kappa shape index (κ2) is 6.21. The molecule has 0 saturated carbocycles. The van der Waals surface area contributed by atoms with Gasteiger partial charge in [-0.1, -0.05) is 13.8 Å². The molecule has 2 N–H and O–H groups in total. The molecule has 4 nitrogen and oxygen atoms in total. The minimum Gasteiger partial charge on any atom is -0.341 e. The third-order valence-corrected chi connectivity index (χ3v) is 3.46. The van der Waals surface area contributed by atoms with Crippen LogP contribution in [0.2, 0.25) is 0 Å². The van der Waals surface area contributed by atoms with Crippen molar-refractivity contribution in [3.8, 4) is 0 Å². The molecule has 1 saturated heterocycles. The van der Waals surface area contributed by atoms with Crippen LogP contribution in [-0.4, -0.2) is 55.0 Å². The Balaban J connectivity index is 2.37. The van der Waals surface area contributed by atoms with Crippen LogP contribution in [0.3, 0.4) is 0 Å². The molecule has 1 aliphatic heterocycles. The van der Waals surface area contributed by atoms with Crippen LogP contribution in [0.25, 0.3) is 0 Å². The molecule has 1 aliphatic rings. The van der Waals surface area contributed by atoms with E-state index in [-0.39, 0.29) is 11.9 Å². The van der Waals surface area contributed by atoms with Crippen LogP contribution in [0.15, 0.2) is 0 Å². The van der Waals surface area contributed by atoms with Crippen molar-refractivity contribution in [3.63, 3.8) is 0 Å². The van der Waals surface area contributed by atoms with Crippen molar-refractivity contribution in [2.24, 2.45) is 11.7 Å². The number of rotatable bonds is 5. The second-order valence-electron chi connectivity index (χ2n) is 4.81. The Morgan fingerprint density at radius 2 is 2.25 bits per heavy atom. The molecule has 1 amide bonds. The van der Waals surface area contributed by atoms with Gasteiger partial charge in [0.25, 0.3) is 0 Å². The summed E-state index contributed by atoms with van der Waals surface area (Å²) < 4.78 is 0. The first kappa shape index (κ1) is 13.5. The van der Waals surface area contributed by atoms with E-state index < -0.39 is 0 Å². The summed E-state index contributed by atoms with van der Waals surface area (Å²) in [4.78, 5) is 16.1. The molecule has 0 spiro atoms. The van der Waals surface area contributed by atoms with Gasteiger partial charge in [0.2, 0.25) is 5.91 Å².